The Balaban J connectivity index is 0.00000208. The van der Waals surface area contributed by atoms with Crippen LogP contribution in [0.1, 0.15) is 29.9 Å². The zero-order chi connectivity index (χ0) is 15.9. The molecule has 0 bridgehead atoms. The SMILES string of the molecule is Cl.O=C(NCC(c1ccccc1)c1ccccc1)C1CCNCC1. The first-order valence-corrected chi connectivity index (χ1v) is 8.43. The molecule has 1 heterocycles. The summed E-state index contributed by atoms with van der Waals surface area (Å²) in [6.45, 7) is 2.54. The number of nitrogens with one attached hydrogen (secondary N) is 2. The molecule has 0 radical (unpaired) electrons. The normalized spacial score (nSPS) is 14.9. The number of benzene rings is 2. The van der Waals surface area contributed by atoms with Gasteiger partial charge in [-0.1, -0.05) is 60.7 Å². The van der Waals surface area contributed by atoms with Gasteiger partial charge in [0.25, 0.3) is 0 Å². The summed E-state index contributed by atoms with van der Waals surface area (Å²) in [4.78, 5) is 12.4. The predicted octanol–water partition coefficient (Wildman–Crippen LogP) is 3.36. The second kappa shape index (κ2) is 9.45. The van der Waals surface area contributed by atoms with Crippen LogP contribution in [0.2, 0.25) is 0 Å². The van der Waals surface area contributed by atoms with Gasteiger partial charge in [0, 0.05) is 18.4 Å². The van der Waals surface area contributed by atoms with Gasteiger partial charge in [0.05, 0.1) is 0 Å². The Bertz CT molecular complexity index is 573. The van der Waals surface area contributed by atoms with Crippen LogP contribution in [-0.4, -0.2) is 25.5 Å². The van der Waals surface area contributed by atoms with Crippen LogP contribution in [0.3, 0.4) is 0 Å². The molecular weight excluding hydrogens is 320 g/mol. The van der Waals surface area contributed by atoms with E-state index in [1.807, 2.05) is 12.1 Å². The molecule has 0 spiro atoms. The fourth-order valence-corrected chi connectivity index (χ4v) is 3.23. The average Bonchev–Trinajstić information content (AvgIpc) is 2.64. The highest BCUT2D eigenvalue weighted by molar-refractivity contribution is 5.85. The van der Waals surface area contributed by atoms with Gasteiger partial charge < -0.3 is 10.6 Å². The topological polar surface area (TPSA) is 41.1 Å². The second-order valence-corrected chi connectivity index (χ2v) is 6.14. The quantitative estimate of drug-likeness (QED) is 0.873. The fraction of sp³-hybridized carbons (Fsp3) is 0.350. The van der Waals surface area contributed by atoms with Crippen molar-refractivity contribution < 1.29 is 4.79 Å². The van der Waals surface area contributed by atoms with Gasteiger partial charge in [-0.05, 0) is 37.1 Å². The van der Waals surface area contributed by atoms with Crippen LogP contribution < -0.4 is 10.6 Å². The molecule has 1 aliphatic heterocycles. The molecule has 2 aromatic rings. The van der Waals surface area contributed by atoms with Crippen molar-refractivity contribution in [1.82, 2.24) is 10.6 Å². The van der Waals surface area contributed by atoms with Crippen molar-refractivity contribution in [3.05, 3.63) is 71.8 Å². The van der Waals surface area contributed by atoms with E-state index in [4.69, 9.17) is 0 Å². The Labute approximate surface area is 150 Å². The summed E-state index contributed by atoms with van der Waals surface area (Å²) in [7, 11) is 0. The minimum atomic E-state index is 0. The van der Waals surface area contributed by atoms with E-state index in [0.29, 0.717) is 6.54 Å². The number of amides is 1. The fourth-order valence-electron chi connectivity index (χ4n) is 3.23. The summed E-state index contributed by atoms with van der Waals surface area (Å²) >= 11 is 0. The highest BCUT2D eigenvalue weighted by Crippen LogP contribution is 2.24. The number of hydrogen-bond acceptors (Lipinski definition) is 2. The lowest BCUT2D eigenvalue weighted by atomic mass is 9.90. The maximum Gasteiger partial charge on any atom is 0.223 e. The van der Waals surface area contributed by atoms with E-state index in [-0.39, 0.29) is 30.2 Å². The summed E-state index contributed by atoms with van der Waals surface area (Å²) in [5.74, 6) is 0.551. The molecule has 0 aliphatic carbocycles. The molecule has 24 heavy (non-hydrogen) atoms. The van der Waals surface area contributed by atoms with Crippen molar-refractivity contribution in [2.45, 2.75) is 18.8 Å². The molecular formula is C20H25ClN2O. The standard InChI is InChI=1S/C20H24N2O.ClH/c23-20(18-11-13-21-14-12-18)22-15-19(16-7-3-1-4-8-16)17-9-5-2-6-10-17;/h1-10,18-19,21H,11-15H2,(H,22,23);1H. The van der Waals surface area contributed by atoms with E-state index in [9.17, 15) is 4.79 Å². The van der Waals surface area contributed by atoms with Crippen LogP contribution >= 0.6 is 12.4 Å². The zero-order valence-electron chi connectivity index (χ0n) is 13.8. The van der Waals surface area contributed by atoms with Gasteiger partial charge in [0.2, 0.25) is 5.91 Å². The maximum atomic E-state index is 12.4. The van der Waals surface area contributed by atoms with E-state index in [0.717, 1.165) is 25.9 Å². The second-order valence-electron chi connectivity index (χ2n) is 6.14. The molecule has 1 saturated heterocycles. The predicted molar refractivity (Wildman–Crippen MR) is 101 cm³/mol. The molecule has 0 unspecified atom stereocenters. The highest BCUT2D eigenvalue weighted by Gasteiger charge is 2.22. The van der Waals surface area contributed by atoms with Gasteiger partial charge in [0.1, 0.15) is 0 Å². The van der Waals surface area contributed by atoms with E-state index in [1.165, 1.54) is 11.1 Å². The van der Waals surface area contributed by atoms with Crippen molar-refractivity contribution in [3.8, 4) is 0 Å². The number of carbonyl (C=O) groups excluding carboxylic acids is 1. The van der Waals surface area contributed by atoms with Crippen LogP contribution in [0.4, 0.5) is 0 Å². The van der Waals surface area contributed by atoms with Crippen LogP contribution in [0.25, 0.3) is 0 Å². The molecule has 3 nitrogen and oxygen atoms in total. The smallest absolute Gasteiger partial charge is 0.223 e. The first-order valence-electron chi connectivity index (χ1n) is 8.43. The van der Waals surface area contributed by atoms with Gasteiger partial charge in [-0.15, -0.1) is 12.4 Å². The minimum absolute atomic E-state index is 0. The van der Waals surface area contributed by atoms with E-state index in [1.54, 1.807) is 0 Å². The van der Waals surface area contributed by atoms with E-state index < -0.39 is 0 Å². The molecule has 1 aliphatic rings. The van der Waals surface area contributed by atoms with Gasteiger partial charge >= 0.3 is 0 Å². The molecule has 0 saturated carbocycles. The third kappa shape index (κ3) is 4.83. The largest absolute Gasteiger partial charge is 0.355 e. The van der Waals surface area contributed by atoms with Gasteiger partial charge in [-0.25, -0.2) is 0 Å². The van der Waals surface area contributed by atoms with Gasteiger partial charge in [0.15, 0.2) is 0 Å². The number of piperidine rings is 1. The number of carbonyl (C=O) groups is 1. The molecule has 128 valence electrons. The van der Waals surface area contributed by atoms with Crippen molar-refractivity contribution in [1.29, 1.82) is 0 Å². The average molecular weight is 345 g/mol. The Kier molecular flexibility index (Phi) is 7.29. The number of hydrogen-bond donors (Lipinski definition) is 2. The zero-order valence-corrected chi connectivity index (χ0v) is 14.6. The van der Waals surface area contributed by atoms with Crippen molar-refractivity contribution in [2.24, 2.45) is 5.92 Å². The summed E-state index contributed by atoms with van der Waals surface area (Å²) in [6.07, 6.45) is 1.88. The van der Waals surface area contributed by atoms with Crippen molar-refractivity contribution >= 4 is 18.3 Å². The van der Waals surface area contributed by atoms with Crippen molar-refractivity contribution in [2.75, 3.05) is 19.6 Å². The van der Waals surface area contributed by atoms with E-state index in [2.05, 4.69) is 59.2 Å². The summed E-state index contributed by atoms with van der Waals surface area (Å²) < 4.78 is 0. The lowest BCUT2D eigenvalue weighted by Gasteiger charge is -2.24. The Morgan fingerprint density at radius 3 is 1.96 bits per heavy atom. The lowest BCUT2D eigenvalue weighted by molar-refractivity contribution is -0.125. The first kappa shape index (κ1) is 18.5. The molecule has 3 rings (SSSR count). The van der Waals surface area contributed by atoms with Crippen LogP contribution in [0, 0.1) is 5.92 Å². The monoisotopic (exact) mass is 344 g/mol. The lowest BCUT2D eigenvalue weighted by Crippen LogP contribution is -2.39. The first-order chi connectivity index (χ1) is 11.3. The van der Waals surface area contributed by atoms with Crippen LogP contribution in [-0.2, 0) is 4.79 Å². The van der Waals surface area contributed by atoms with Crippen molar-refractivity contribution in [3.63, 3.8) is 0 Å². The minimum Gasteiger partial charge on any atom is -0.355 e. The molecule has 0 aromatic heterocycles. The van der Waals surface area contributed by atoms with Crippen LogP contribution in [0.5, 0.6) is 0 Å². The Morgan fingerprint density at radius 1 is 0.958 bits per heavy atom. The van der Waals surface area contributed by atoms with Crippen LogP contribution in [0.15, 0.2) is 60.7 Å². The third-order valence-electron chi connectivity index (χ3n) is 4.59. The molecule has 1 fully saturated rings. The number of halogens is 1. The molecule has 2 aromatic carbocycles. The third-order valence-corrected chi connectivity index (χ3v) is 4.59. The Hall–Kier alpha value is -1.84. The summed E-state index contributed by atoms with van der Waals surface area (Å²) in [5.41, 5.74) is 2.48. The summed E-state index contributed by atoms with van der Waals surface area (Å²) in [5, 5.41) is 6.49. The van der Waals surface area contributed by atoms with Gasteiger partial charge in [-0.2, -0.15) is 0 Å². The molecule has 2 N–H and O–H groups in total. The van der Waals surface area contributed by atoms with Gasteiger partial charge in [-0.3, -0.25) is 4.79 Å². The van der Waals surface area contributed by atoms with E-state index >= 15 is 0 Å². The summed E-state index contributed by atoms with van der Waals surface area (Å²) in [6, 6.07) is 20.8. The molecule has 0 atom stereocenters. The maximum absolute atomic E-state index is 12.4. The number of rotatable bonds is 5. The highest BCUT2D eigenvalue weighted by atomic mass is 35.5. The Morgan fingerprint density at radius 2 is 1.46 bits per heavy atom. The molecule has 1 amide bonds. The molecule has 4 heteroatoms.